The van der Waals surface area contributed by atoms with Crippen LogP contribution in [0.4, 0.5) is 0 Å². The minimum Gasteiger partial charge on any atom is -0.310 e. The van der Waals surface area contributed by atoms with Crippen LogP contribution < -0.4 is 5.32 Å². The highest BCUT2D eigenvalue weighted by Crippen LogP contribution is 2.34. The molecule has 0 aromatic heterocycles. The van der Waals surface area contributed by atoms with Crippen molar-refractivity contribution in [3.63, 3.8) is 0 Å². The second kappa shape index (κ2) is 4.51. The highest BCUT2D eigenvalue weighted by Gasteiger charge is 2.24. The van der Waals surface area contributed by atoms with Crippen LogP contribution in [0.3, 0.4) is 0 Å². The lowest BCUT2D eigenvalue weighted by Crippen LogP contribution is -2.21. The van der Waals surface area contributed by atoms with Crippen molar-refractivity contribution in [2.75, 3.05) is 12.3 Å². The molecule has 2 heteroatoms. The van der Waals surface area contributed by atoms with Crippen LogP contribution >= 0.6 is 11.8 Å². The van der Waals surface area contributed by atoms with E-state index in [4.69, 9.17) is 0 Å². The Balaban J connectivity index is 1.78. The summed E-state index contributed by atoms with van der Waals surface area (Å²) in [5, 5.41) is 5.81. The number of hydrogen-bond donors (Lipinski definition) is 1. The van der Waals surface area contributed by atoms with Gasteiger partial charge in [-0.1, -0.05) is 31.2 Å². The Kier molecular flexibility index (Phi) is 3.01. The van der Waals surface area contributed by atoms with E-state index in [9.17, 15) is 0 Å². The third kappa shape index (κ3) is 2.93. The van der Waals surface area contributed by atoms with Gasteiger partial charge in [-0.25, -0.2) is 0 Å². The highest BCUT2D eigenvalue weighted by molar-refractivity contribution is 8.02. The van der Waals surface area contributed by atoms with E-state index in [1.54, 1.807) is 0 Å². The van der Waals surface area contributed by atoms with Crippen LogP contribution in [0.5, 0.6) is 0 Å². The standard InChI is InChI=1S/C15H19NS/c1-15-8-12(6-7-17-11-15)2-3-13(9-15)10-16-14-4-5-14/h2-3,6-9,14,16H,4-5,10-11H2,1H3. The van der Waals surface area contributed by atoms with E-state index in [1.165, 1.54) is 24.0 Å². The summed E-state index contributed by atoms with van der Waals surface area (Å²) in [6.45, 7) is 3.35. The molecule has 17 heavy (non-hydrogen) atoms. The quantitative estimate of drug-likeness (QED) is 0.817. The van der Waals surface area contributed by atoms with Crippen molar-refractivity contribution >= 4 is 11.8 Å². The summed E-state index contributed by atoms with van der Waals surface area (Å²) in [6, 6.07) is 0.786. The fourth-order valence-corrected chi connectivity index (χ4v) is 3.22. The van der Waals surface area contributed by atoms with E-state index in [1.807, 2.05) is 11.8 Å². The normalized spacial score (nSPS) is 31.6. The van der Waals surface area contributed by atoms with Gasteiger partial charge in [-0.2, -0.15) is 0 Å². The van der Waals surface area contributed by atoms with Crippen LogP contribution in [0, 0.1) is 5.41 Å². The topological polar surface area (TPSA) is 12.0 Å². The lowest BCUT2D eigenvalue weighted by Gasteiger charge is -2.21. The maximum absolute atomic E-state index is 3.60. The molecule has 2 aliphatic carbocycles. The van der Waals surface area contributed by atoms with Gasteiger partial charge in [-0.3, -0.25) is 0 Å². The third-order valence-electron chi connectivity index (χ3n) is 3.42. The van der Waals surface area contributed by atoms with Crippen molar-refractivity contribution in [3.05, 3.63) is 46.9 Å². The van der Waals surface area contributed by atoms with Crippen molar-refractivity contribution < 1.29 is 0 Å². The molecule has 3 aliphatic rings. The molecule has 90 valence electrons. The molecule has 0 aromatic carbocycles. The molecule has 1 aliphatic heterocycles. The Morgan fingerprint density at radius 3 is 3.00 bits per heavy atom. The van der Waals surface area contributed by atoms with E-state index in [-0.39, 0.29) is 5.41 Å². The molecule has 0 amide bonds. The van der Waals surface area contributed by atoms with E-state index >= 15 is 0 Å². The minimum atomic E-state index is 0.202. The lowest BCUT2D eigenvalue weighted by molar-refractivity contribution is 0.629. The van der Waals surface area contributed by atoms with Gasteiger partial charge in [0.05, 0.1) is 0 Å². The fraction of sp³-hybridized carbons (Fsp3) is 0.467. The van der Waals surface area contributed by atoms with Crippen LogP contribution in [-0.2, 0) is 0 Å². The number of thioether (sulfide) groups is 1. The van der Waals surface area contributed by atoms with Gasteiger partial charge in [0, 0.05) is 23.8 Å². The average Bonchev–Trinajstić information content (AvgIpc) is 3.11. The van der Waals surface area contributed by atoms with Gasteiger partial charge in [0.25, 0.3) is 0 Å². The summed E-state index contributed by atoms with van der Waals surface area (Å²) >= 11 is 1.91. The summed E-state index contributed by atoms with van der Waals surface area (Å²) in [7, 11) is 0. The first-order valence-electron chi connectivity index (χ1n) is 6.38. The summed E-state index contributed by atoms with van der Waals surface area (Å²) in [5.74, 6) is 1.14. The largest absolute Gasteiger partial charge is 0.310 e. The lowest BCUT2D eigenvalue weighted by atomic mass is 9.89. The summed E-state index contributed by atoms with van der Waals surface area (Å²) in [6.07, 6.45) is 14.3. The predicted octanol–water partition coefficient (Wildman–Crippen LogP) is 3.43. The Hall–Kier alpha value is -0.730. The number of allylic oxidation sites excluding steroid dienone is 5. The van der Waals surface area contributed by atoms with Crippen molar-refractivity contribution in [1.82, 2.24) is 5.32 Å². The van der Waals surface area contributed by atoms with E-state index in [2.05, 4.69) is 48.0 Å². The number of hydrogen-bond acceptors (Lipinski definition) is 2. The monoisotopic (exact) mass is 245 g/mol. The van der Waals surface area contributed by atoms with Gasteiger partial charge in [-0.15, -0.1) is 11.8 Å². The van der Waals surface area contributed by atoms with Crippen LogP contribution in [0.15, 0.2) is 46.9 Å². The second-order valence-corrected chi connectivity index (χ2v) is 6.37. The minimum absolute atomic E-state index is 0.202. The average molecular weight is 245 g/mol. The van der Waals surface area contributed by atoms with Crippen molar-refractivity contribution in [3.8, 4) is 0 Å². The van der Waals surface area contributed by atoms with Crippen LogP contribution in [0.25, 0.3) is 0 Å². The zero-order valence-electron chi connectivity index (χ0n) is 10.3. The van der Waals surface area contributed by atoms with E-state index in [0.29, 0.717) is 0 Å². The molecule has 2 bridgehead atoms. The summed E-state index contributed by atoms with van der Waals surface area (Å²) < 4.78 is 0. The third-order valence-corrected chi connectivity index (χ3v) is 4.54. The molecule has 1 fully saturated rings. The number of nitrogens with one attached hydrogen (secondary N) is 1. The molecule has 0 spiro atoms. The second-order valence-electron chi connectivity index (χ2n) is 5.47. The van der Waals surface area contributed by atoms with E-state index in [0.717, 1.165) is 18.3 Å². The first kappa shape index (κ1) is 11.4. The van der Waals surface area contributed by atoms with Gasteiger partial charge >= 0.3 is 0 Å². The van der Waals surface area contributed by atoms with Crippen molar-refractivity contribution in [2.24, 2.45) is 5.41 Å². The maximum atomic E-state index is 3.60. The Morgan fingerprint density at radius 2 is 2.18 bits per heavy atom. The molecule has 1 unspecified atom stereocenters. The first-order valence-corrected chi connectivity index (χ1v) is 7.43. The van der Waals surface area contributed by atoms with Gasteiger partial charge in [-0.05, 0) is 35.5 Å². The zero-order chi connectivity index (χ0) is 11.7. The molecule has 0 saturated heterocycles. The number of rotatable bonds is 3. The molecule has 0 radical (unpaired) electrons. The molecule has 1 atom stereocenters. The van der Waals surface area contributed by atoms with Crippen LogP contribution in [0.2, 0.25) is 0 Å². The molecule has 1 saturated carbocycles. The maximum Gasteiger partial charge on any atom is 0.0205 e. The van der Waals surface area contributed by atoms with Gasteiger partial charge < -0.3 is 5.32 Å². The molecule has 3 rings (SSSR count). The molecule has 1 heterocycles. The summed E-state index contributed by atoms with van der Waals surface area (Å²) in [5.41, 5.74) is 2.98. The van der Waals surface area contributed by atoms with E-state index < -0.39 is 0 Å². The SMILES string of the molecule is CC12C=C(C=CSC1)C=CC(CNC1CC1)=C2. The first-order chi connectivity index (χ1) is 8.23. The smallest absolute Gasteiger partial charge is 0.0205 e. The predicted molar refractivity (Wildman–Crippen MR) is 76.0 cm³/mol. The van der Waals surface area contributed by atoms with Gasteiger partial charge in [0.15, 0.2) is 0 Å². The Morgan fingerprint density at radius 1 is 1.29 bits per heavy atom. The van der Waals surface area contributed by atoms with Crippen molar-refractivity contribution in [2.45, 2.75) is 25.8 Å². The molecular weight excluding hydrogens is 226 g/mol. The molecule has 1 nitrogen and oxygen atoms in total. The van der Waals surface area contributed by atoms with Gasteiger partial charge in [0.1, 0.15) is 0 Å². The van der Waals surface area contributed by atoms with Crippen LogP contribution in [0.1, 0.15) is 19.8 Å². The number of fused-ring (bicyclic) bond motifs is 1. The molecule has 1 N–H and O–H groups in total. The molecule has 0 aromatic rings. The summed E-state index contributed by atoms with van der Waals surface area (Å²) in [4.78, 5) is 0. The molecular formula is C15H19NS. The van der Waals surface area contributed by atoms with Gasteiger partial charge in [0.2, 0.25) is 0 Å². The fourth-order valence-electron chi connectivity index (χ4n) is 2.35. The Bertz CT molecular complexity index is 426. The van der Waals surface area contributed by atoms with Crippen molar-refractivity contribution in [1.29, 1.82) is 0 Å². The Labute approximate surface area is 108 Å². The van der Waals surface area contributed by atoms with Crippen LogP contribution in [-0.4, -0.2) is 18.3 Å². The highest BCUT2D eigenvalue weighted by atomic mass is 32.2. The zero-order valence-corrected chi connectivity index (χ0v) is 11.1.